The maximum Gasteiger partial charge on any atom is 0.139 e. The first-order valence-electron chi connectivity index (χ1n) is 9.17. The Balaban J connectivity index is 1.72. The summed E-state index contributed by atoms with van der Waals surface area (Å²) in [5.74, 6) is 2.50. The van der Waals surface area contributed by atoms with Crippen LogP contribution in [0.2, 0.25) is 0 Å². The summed E-state index contributed by atoms with van der Waals surface area (Å²) in [6, 6.07) is 0. The summed E-state index contributed by atoms with van der Waals surface area (Å²) in [6.07, 6.45) is 6.88. The molecular formula is C19H27NO3. The van der Waals surface area contributed by atoms with Crippen molar-refractivity contribution in [2.45, 2.75) is 65.2 Å². The zero-order chi connectivity index (χ0) is 16.4. The van der Waals surface area contributed by atoms with Gasteiger partial charge in [-0.3, -0.25) is 9.59 Å². The van der Waals surface area contributed by atoms with Gasteiger partial charge in [0.05, 0.1) is 5.71 Å². The molecule has 23 heavy (non-hydrogen) atoms. The number of carbonyl (C=O) groups is 2. The largest absolute Gasteiger partial charge is 0.411 e. The van der Waals surface area contributed by atoms with E-state index >= 15 is 0 Å². The third-order valence-electron chi connectivity index (χ3n) is 8.19. The number of fused-ring (bicyclic) bond motifs is 5. The van der Waals surface area contributed by atoms with Gasteiger partial charge in [0.25, 0.3) is 0 Å². The van der Waals surface area contributed by atoms with Crippen LogP contribution in [0.15, 0.2) is 5.16 Å². The molecule has 0 aliphatic heterocycles. The zero-order valence-electron chi connectivity index (χ0n) is 14.2. The van der Waals surface area contributed by atoms with E-state index in [1.165, 1.54) is 0 Å². The molecule has 0 saturated heterocycles. The standard InChI is InChI=1S/C19H27NO3/c1-18-8-7-15-13(14(18)5-6-17(18)22)4-3-11-9-12(21)10-16(20-23)19(11,15)2/h11,13-15,23H,3-10H2,1-2H3/b20-16+/t11?,13-,14-,15-,18-,19-/m0/s1. The molecule has 0 aromatic rings. The van der Waals surface area contributed by atoms with Crippen molar-refractivity contribution in [1.29, 1.82) is 0 Å². The minimum atomic E-state index is -0.154. The number of oxime groups is 1. The average Bonchev–Trinajstić information content (AvgIpc) is 2.83. The number of rotatable bonds is 0. The predicted molar refractivity (Wildman–Crippen MR) is 86.3 cm³/mol. The van der Waals surface area contributed by atoms with Crippen molar-refractivity contribution in [3.05, 3.63) is 0 Å². The highest BCUT2D eigenvalue weighted by Gasteiger charge is 2.62. The van der Waals surface area contributed by atoms with Crippen LogP contribution < -0.4 is 0 Å². The van der Waals surface area contributed by atoms with Crippen LogP contribution in [0.5, 0.6) is 0 Å². The second-order valence-electron chi connectivity index (χ2n) is 8.82. The van der Waals surface area contributed by atoms with Crippen molar-refractivity contribution in [2.24, 2.45) is 39.7 Å². The smallest absolute Gasteiger partial charge is 0.139 e. The lowest BCUT2D eigenvalue weighted by atomic mass is 9.45. The number of carbonyl (C=O) groups excluding carboxylic acids is 2. The highest BCUT2D eigenvalue weighted by atomic mass is 16.4. The van der Waals surface area contributed by atoms with Crippen LogP contribution in [0.3, 0.4) is 0 Å². The van der Waals surface area contributed by atoms with Gasteiger partial charge in [0.15, 0.2) is 0 Å². The second-order valence-corrected chi connectivity index (χ2v) is 8.82. The molecule has 4 aliphatic carbocycles. The van der Waals surface area contributed by atoms with Crippen molar-refractivity contribution >= 4 is 17.3 Å². The fraction of sp³-hybridized carbons (Fsp3) is 0.842. The van der Waals surface area contributed by atoms with Crippen molar-refractivity contribution in [2.75, 3.05) is 0 Å². The van der Waals surface area contributed by atoms with E-state index in [-0.39, 0.29) is 16.6 Å². The summed E-state index contributed by atoms with van der Waals surface area (Å²) in [5.41, 5.74) is 0.436. The summed E-state index contributed by atoms with van der Waals surface area (Å²) in [7, 11) is 0. The number of ketones is 2. The summed E-state index contributed by atoms with van der Waals surface area (Å²) in [6.45, 7) is 4.42. The van der Waals surface area contributed by atoms with Crippen LogP contribution in [0.25, 0.3) is 0 Å². The number of hydrogen-bond donors (Lipinski definition) is 1. The zero-order valence-corrected chi connectivity index (χ0v) is 14.2. The molecule has 0 radical (unpaired) electrons. The number of hydrogen-bond acceptors (Lipinski definition) is 4. The van der Waals surface area contributed by atoms with Gasteiger partial charge in [0, 0.05) is 30.1 Å². The SMILES string of the molecule is C[C@]12/C(=N/O)CC(=O)CC1CC[C@@H]1[C@@H]2CC[C@]2(C)C(=O)CC[C@@H]12. The molecule has 4 aliphatic rings. The first-order chi connectivity index (χ1) is 10.9. The van der Waals surface area contributed by atoms with Gasteiger partial charge in [-0.1, -0.05) is 19.0 Å². The monoisotopic (exact) mass is 317 g/mol. The predicted octanol–water partition coefficient (Wildman–Crippen LogP) is 3.61. The van der Waals surface area contributed by atoms with Gasteiger partial charge >= 0.3 is 0 Å². The maximum atomic E-state index is 12.4. The topological polar surface area (TPSA) is 66.7 Å². The molecule has 4 rings (SSSR count). The van der Waals surface area contributed by atoms with Gasteiger partial charge in [-0.25, -0.2) is 0 Å². The Bertz CT molecular complexity index is 597. The average molecular weight is 317 g/mol. The van der Waals surface area contributed by atoms with E-state index in [9.17, 15) is 14.8 Å². The van der Waals surface area contributed by atoms with Crippen LogP contribution in [-0.4, -0.2) is 22.5 Å². The molecule has 1 unspecified atom stereocenters. The summed E-state index contributed by atoms with van der Waals surface area (Å²) in [4.78, 5) is 24.5. The fourth-order valence-corrected chi connectivity index (χ4v) is 6.83. The Kier molecular flexibility index (Phi) is 3.27. The highest BCUT2D eigenvalue weighted by Crippen LogP contribution is 2.64. The molecule has 1 N–H and O–H groups in total. The fourth-order valence-electron chi connectivity index (χ4n) is 6.83. The summed E-state index contributed by atoms with van der Waals surface area (Å²) >= 11 is 0. The highest BCUT2D eigenvalue weighted by molar-refractivity contribution is 6.07. The van der Waals surface area contributed by atoms with E-state index in [2.05, 4.69) is 19.0 Å². The molecule has 0 aromatic heterocycles. The van der Waals surface area contributed by atoms with Crippen LogP contribution in [-0.2, 0) is 9.59 Å². The summed E-state index contributed by atoms with van der Waals surface area (Å²) in [5, 5.41) is 13.2. The van der Waals surface area contributed by atoms with Crippen molar-refractivity contribution in [3.8, 4) is 0 Å². The van der Waals surface area contributed by atoms with Gasteiger partial charge in [-0.05, 0) is 55.8 Å². The molecule has 0 spiro atoms. The molecule has 6 atom stereocenters. The number of Topliss-reactive ketones (excluding diaryl/α,β-unsaturated/α-hetero) is 2. The maximum absolute atomic E-state index is 12.4. The van der Waals surface area contributed by atoms with Crippen molar-refractivity contribution < 1.29 is 14.8 Å². The van der Waals surface area contributed by atoms with Crippen LogP contribution >= 0.6 is 0 Å². The van der Waals surface area contributed by atoms with Crippen LogP contribution in [0.1, 0.15) is 65.2 Å². The molecule has 126 valence electrons. The van der Waals surface area contributed by atoms with E-state index in [1.54, 1.807) is 0 Å². The van der Waals surface area contributed by atoms with Gasteiger partial charge in [-0.15, -0.1) is 0 Å². The van der Waals surface area contributed by atoms with E-state index in [4.69, 9.17) is 0 Å². The van der Waals surface area contributed by atoms with Crippen molar-refractivity contribution in [1.82, 2.24) is 0 Å². The Morgan fingerprint density at radius 3 is 2.61 bits per heavy atom. The van der Waals surface area contributed by atoms with Gasteiger partial charge in [-0.2, -0.15) is 0 Å². The van der Waals surface area contributed by atoms with E-state index in [0.717, 1.165) is 38.5 Å². The minimum Gasteiger partial charge on any atom is -0.411 e. The Morgan fingerprint density at radius 1 is 1.09 bits per heavy atom. The van der Waals surface area contributed by atoms with Crippen LogP contribution in [0.4, 0.5) is 0 Å². The third kappa shape index (κ3) is 1.87. The Morgan fingerprint density at radius 2 is 1.87 bits per heavy atom. The van der Waals surface area contributed by atoms with Gasteiger partial charge in [0.2, 0.25) is 0 Å². The Hall–Kier alpha value is -1.19. The second kappa shape index (κ2) is 4.90. The van der Waals surface area contributed by atoms with Crippen molar-refractivity contribution in [3.63, 3.8) is 0 Å². The lowest BCUT2D eigenvalue weighted by molar-refractivity contribution is -0.135. The molecular weight excluding hydrogens is 290 g/mol. The van der Waals surface area contributed by atoms with Gasteiger partial charge in [0.1, 0.15) is 11.6 Å². The molecule has 4 fully saturated rings. The van der Waals surface area contributed by atoms with E-state index in [1.807, 2.05) is 0 Å². The normalized spacial score (nSPS) is 51.3. The molecule has 0 aromatic carbocycles. The quantitative estimate of drug-likeness (QED) is 0.548. The molecule has 4 saturated carbocycles. The molecule has 4 nitrogen and oxygen atoms in total. The lowest BCUT2D eigenvalue weighted by Gasteiger charge is -2.59. The molecule has 0 heterocycles. The van der Waals surface area contributed by atoms with Crippen LogP contribution in [0, 0.1) is 34.5 Å². The molecule has 4 heteroatoms. The van der Waals surface area contributed by atoms with Gasteiger partial charge < -0.3 is 5.21 Å². The molecule has 0 amide bonds. The lowest BCUT2D eigenvalue weighted by Crippen LogP contribution is -2.57. The summed E-state index contributed by atoms with van der Waals surface area (Å²) < 4.78 is 0. The van der Waals surface area contributed by atoms with E-state index < -0.39 is 0 Å². The molecule has 0 bridgehead atoms. The third-order valence-corrected chi connectivity index (χ3v) is 8.19. The first kappa shape index (κ1) is 15.3. The van der Waals surface area contributed by atoms with E-state index in [0.29, 0.717) is 48.0 Å². The first-order valence-corrected chi connectivity index (χ1v) is 9.17. The Labute approximate surface area is 137 Å². The number of nitrogens with zero attached hydrogens (tertiary/aromatic N) is 1. The minimum absolute atomic E-state index is 0.120.